The van der Waals surface area contributed by atoms with Crippen LogP contribution in [0.3, 0.4) is 0 Å². The predicted octanol–water partition coefficient (Wildman–Crippen LogP) is 2.56. The standard InChI is InChI=1S/C16H26N2O3/c19-15(20)10-14-6-3-8-18(14)16(21)17-9-7-12-4-1-2-5-13(12)11-17/h12-14H,1-11H2,(H,19,20). The van der Waals surface area contributed by atoms with Crippen molar-refractivity contribution in [1.29, 1.82) is 0 Å². The Labute approximate surface area is 126 Å². The summed E-state index contributed by atoms with van der Waals surface area (Å²) in [7, 11) is 0. The van der Waals surface area contributed by atoms with Crippen molar-refractivity contribution >= 4 is 12.0 Å². The number of carbonyl (C=O) groups excluding carboxylic acids is 1. The Morgan fingerprint density at radius 3 is 2.48 bits per heavy atom. The van der Waals surface area contributed by atoms with Crippen LogP contribution in [0.4, 0.5) is 4.79 Å². The Morgan fingerprint density at radius 2 is 1.71 bits per heavy atom. The fourth-order valence-corrected chi connectivity index (χ4v) is 4.46. The van der Waals surface area contributed by atoms with Crippen molar-refractivity contribution in [2.24, 2.45) is 11.8 Å². The summed E-state index contributed by atoms with van der Waals surface area (Å²) in [4.78, 5) is 27.5. The molecule has 5 heteroatoms. The SMILES string of the molecule is O=C(O)CC1CCCN1C(=O)N1CCC2CCCCC2C1. The van der Waals surface area contributed by atoms with Crippen molar-refractivity contribution in [3.63, 3.8) is 0 Å². The number of hydrogen-bond acceptors (Lipinski definition) is 2. The van der Waals surface area contributed by atoms with E-state index in [1.165, 1.54) is 25.7 Å². The van der Waals surface area contributed by atoms with E-state index in [1.807, 2.05) is 9.80 Å². The number of piperidine rings is 1. The average molecular weight is 294 g/mol. The number of rotatable bonds is 2. The molecule has 2 saturated heterocycles. The molecule has 2 heterocycles. The molecule has 5 nitrogen and oxygen atoms in total. The Kier molecular flexibility index (Phi) is 4.36. The molecule has 21 heavy (non-hydrogen) atoms. The van der Waals surface area contributed by atoms with Crippen LogP contribution in [0.1, 0.15) is 51.4 Å². The third kappa shape index (κ3) is 3.16. The van der Waals surface area contributed by atoms with Crippen LogP contribution in [-0.4, -0.2) is 52.6 Å². The van der Waals surface area contributed by atoms with E-state index in [2.05, 4.69) is 0 Å². The zero-order valence-electron chi connectivity index (χ0n) is 12.7. The molecule has 2 aliphatic heterocycles. The lowest BCUT2D eigenvalue weighted by Crippen LogP contribution is -2.51. The average Bonchev–Trinajstić information content (AvgIpc) is 2.93. The first-order chi connectivity index (χ1) is 10.1. The van der Waals surface area contributed by atoms with Crippen LogP contribution < -0.4 is 0 Å². The molecule has 3 aliphatic rings. The molecule has 1 aliphatic carbocycles. The minimum Gasteiger partial charge on any atom is -0.481 e. The molecule has 0 aromatic heterocycles. The maximum absolute atomic E-state index is 12.7. The molecule has 1 saturated carbocycles. The van der Waals surface area contributed by atoms with E-state index < -0.39 is 5.97 Å². The summed E-state index contributed by atoms with van der Waals surface area (Å²) in [6.07, 6.45) is 8.22. The van der Waals surface area contributed by atoms with E-state index in [4.69, 9.17) is 5.11 Å². The van der Waals surface area contributed by atoms with Crippen LogP contribution in [0.25, 0.3) is 0 Å². The van der Waals surface area contributed by atoms with Gasteiger partial charge in [0.1, 0.15) is 0 Å². The van der Waals surface area contributed by atoms with E-state index in [0.29, 0.717) is 5.92 Å². The van der Waals surface area contributed by atoms with Crippen LogP contribution in [0.15, 0.2) is 0 Å². The first-order valence-electron chi connectivity index (χ1n) is 8.42. The van der Waals surface area contributed by atoms with Crippen molar-refractivity contribution < 1.29 is 14.7 Å². The van der Waals surface area contributed by atoms with Crippen molar-refractivity contribution in [3.8, 4) is 0 Å². The summed E-state index contributed by atoms with van der Waals surface area (Å²) in [5.41, 5.74) is 0. The van der Waals surface area contributed by atoms with Crippen LogP contribution in [0.2, 0.25) is 0 Å². The minimum atomic E-state index is -0.800. The van der Waals surface area contributed by atoms with E-state index in [0.717, 1.165) is 44.8 Å². The maximum Gasteiger partial charge on any atom is 0.320 e. The molecule has 3 fully saturated rings. The van der Waals surface area contributed by atoms with Crippen molar-refractivity contribution in [1.82, 2.24) is 9.80 Å². The van der Waals surface area contributed by atoms with Gasteiger partial charge in [0.25, 0.3) is 0 Å². The molecule has 2 amide bonds. The lowest BCUT2D eigenvalue weighted by Gasteiger charge is -2.43. The number of carboxylic acids is 1. The Hall–Kier alpha value is -1.26. The zero-order valence-corrected chi connectivity index (χ0v) is 12.7. The molecule has 0 bridgehead atoms. The molecular formula is C16H26N2O3. The molecule has 0 aromatic rings. The molecule has 1 N–H and O–H groups in total. The zero-order chi connectivity index (χ0) is 14.8. The van der Waals surface area contributed by atoms with Crippen molar-refractivity contribution in [2.75, 3.05) is 19.6 Å². The molecule has 3 atom stereocenters. The number of amides is 2. The molecular weight excluding hydrogens is 268 g/mol. The van der Waals surface area contributed by atoms with Crippen LogP contribution in [0, 0.1) is 11.8 Å². The monoisotopic (exact) mass is 294 g/mol. The number of hydrogen-bond donors (Lipinski definition) is 1. The lowest BCUT2D eigenvalue weighted by molar-refractivity contribution is -0.138. The van der Waals surface area contributed by atoms with E-state index in [9.17, 15) is 9.59 Å². The lowest BCUT2D eigenvalue weighted by atomic mass is 9.75. The summed E-state index contributed by atoms with van der Waals surface area (Å²) >= 11 is 0. The van der Waals surface area contributed by atoms with Crippen LogP contribution in [0.5, 0.6) is 0 Å². The van der Waals surface area contributed by atoms with Gasteiger partial charge in [0, 0.05) is 25.7 Å². The number of carbonyl (C=O) groups is 2. The normalized spacial score (nSPS) is 32.9. The highest BCUT2D eigenvalue weighted by Crippen LogP contribution is 2.36. The van der Waals surface area contributed by atoms with Gasteiger partial charge in [-0.2, -0.15) is 0 Å². The molecule has 3 unspecified atom stereocenters. The Morgan fingerprint density at radius 1 is 0.952 bits per heavy atom. The fourth-order valence-electron chi connectivity index (χ4n) is 4.46. The van der Waals surface area contributed by atoms with Gasteiger partial charge in [-0.15, -0.1) is 0 Å². The van der Waals surface area contributed by atoms with E-state index in [1.54, 1.807) is 0 Å². The molecule has 3 rings (SSSR count). The molecule has 0 radical (unpaired) electrons. The summed E-state index contributed by atoms with van der Waals surface area (Å²) in [6, 6.07) is -0.0122. The van der Waals surface area contributed by atoms with Gasteiger partial charge in [-0.25, -0.2) is 4.79 Å². The van der Waals surface area contributed by atoms with Gasteiger partial charge in [0.2, 0.25) is 0 Å². The summed E-state index contributed by atoms with van der Waals surface area (Å²) in [5, 5.41) is 8.99. The maximum atomic E-state index is 12.7. The van der Waals surface area contributed by atoms with Crippen molar-refractivity contribution in [3.05, 3.63) is 0 Å². The highest BCUT2D eigenvalue weighted by atomic mass is 16.4. The van der Waals surface area contributed by atoms with Crippen LogP contribution >= 0.6 is 0 Å². The third-order valence-corrected chi connectivity index (χ3v) is 5.59. The number of fused-ring (bicyclic) bond motifs is 1. The van der Waals surface area contributed by atoms with Crippen LogP contribution in [-0.2, 0) is 4.79 Å². The number of aliphatic carboxylic acids is 1. The van der Waals surface area contributed by atoms with Gasteiger partial charge in [0.15, 0.2) is 0 Å². The van der Waals surface area contributed by atoms with Gasteiger partial charge in [-0.3, -0.25) is 4.79 Å². The second-order valence-corrected chi connectivity index (χ2v) is 6.91. The number of nitrogens with zero attached hydrogens (tertiary/aromatic N) is 2. The third-order valence-electron chi connectivity index (χ3n) is 5.59. The molecule has 118 valence electrons. The second-order valence-electron chi connectivity index (χ2n) is 6.91. The van der Waals surface area contributed by atoms with Gasteiger partial charge >= 0.3 is 12.0 Å². The largest absolute Gasteiger partial charge is 0.481 e. The number of likely N-dealkylation sites (tertiary alicyclic amines) is 2. The highest BCUT2D eigenvalue weighted by Gasteiger charge is 2.37. The quantitative estimate of drug-likeness (QED) is 0.851. The molecule has 0 aromatic carbocycles. The fraction of sp³-hybridized carbons (Fsp3) is 0.875. The van der Waals surface area contributed by atoms with Gasteiger partial charge < -0.3 is 14.9 Å². The smallest absolute Gasteiger partial charge is 0.320 e. The first kappa shape index (κ1) is 14.7. The van der Waals surface area contributed by atoms with E-state index >= 15 is 0 Å². The summed E-state index contributed by atoms with van der Waals surface area (Å²) in [5.74, 6) is 0.693. The number of carboxylic acid groups (broad SMARTS) is 1. The topological polar surface area (TPSA) is 60.9 Å². The summed E-state index contributed by atoms with van der Waals surface area (Å²) < 4.78 is 0. The van der Waals surface area contributed by atoms with Crippen molar-refractivity contribution in [2.45, 2.75) is 57.4 Å². The van der Waals surface area contributed by atoms with Gasteiger partial charge in [-0.05, 0) is 37.5 Å². The highest BCUT2D eigenvalue weighted by molar-refractivity contribution is 5.76. The minimum absolute atomic E-state index is 0.0859. The Bertz CT molecular complexity index is 412. The van der Waals surface area contributed by atoms with Gasteiger partial charge in [0.05, 0.1) is 6.42 Å². The van der Waals surface area contributed by atoms with E-state index in [-0.39, 0.29) is 18.5 Å². The first-order valence-corrected chi connectivity index (χ1v) is 8.42. The van der Waals surface area contributed by atoms with Gasteiger partial charge in [-0.1, -0.05) is 19.3 Å². The Balaban J connectivity index is 1.60. The number of urea groups is 1. The predicted molar refractivity (Wildman–Crippen MR) is 79.0 cm³/mol. The second kappa shape index (κ2) is 6.24. The summed E-state index contributed by atoms with van der Waals surface area (Å²) in [6.45, 7) is 2.47. The molecule has 0 spiro atoms.